The van der Waals surface area contributed by atoms with Gasteiger partial charge in [-0.15, -0.1) is 0 Å². The maximum absolute atomic E-state index is 5.90. The number of hydrogen-bond acceptors (Lipinski definition) is 5. The number of hydrogen-bond donors (Lipinski definition) is 2. The molecule has 3 aromatic heterocycles. The summed E-state index contributed by atoms with van der Waals surface area (Å²) in [6.07, 6.45) is 3.33. The quantitative estimate of drug-likeness (QED) is 0.593. The van der Waals surface area contributed by atoms with Crippen LogP contribution in [0, 0.1) is 6.92 Å². The standard InChI is InChI=1S/C17H14N6/c1-10-8-21-23-15(10)12-4-2-3-11(7-12)13-5-6-14-16(22-13)17(18)20-9-19-14/h2-9H,1H3,(H,21,23)(H2,18,19,20). The second kappa shape index (κ2) is 5.17. The van der Waals surface area contributed by atoms with Gasteiger partial charge in [0.1, 0.15) is 11.8 Å². The average Bonchev–Trinajstić information content (AvgIpc) is 3.01. The van der Waals surface area contributed by atoms with Crippen molar-refractivity contribution in [1.29, 1.82) is 0 Å². The number of benzene rings is 1. The predicted octanol–water partition coefficient (Wildman–Crippen LogP) is 2.97. The number of aromatic nitrogens is 5. The number of nitrogen functional groups attached to an aromatic ring is 1. The molecule has 6 nitrogen and oxygen atoms in total. The third-order valence-corrected chi connectivity index (χ3v) is 3.77. The molecule has 3 heterocycles. The Labute approximate surface area is 132 Å². The van der Waals surface area contributed by atoms with E-state index in [1.807, 2.05) is 43.5 Å². The maximum Gasteiger partial charge on any atom is 0.153 e. The van der Waals surface area contributed by atoms with E-state index in [2.05, 4.69) is 31.2 Å². The van der Waals surface area contributed by atoms with Gasteiger partial charge < -0.3 is 5.73 Å². The second-order valence-electron chi connectivity index (χ2n) is 5.32. The van der Waals surface area contributed by atoms with Gasteiger partial charge in [0, 0.05) is 17.3 Å². The lowest BCUT2D eigenvalue weighted by molar-refractivity contribution is 1.10. The SMILES string of the molecule is Cc1c[nH]nc1-c1cccc(-c2ccc3ncnc(N)c3n2)c1. The molecule has 4 aromatic rings. The number of aryl methyl sites for hydroxylation is 1. The summed E-state index contributed by atoms with van der Waals surface area (Å²) in [5, 5.41) is 7.19. The first-order chi connectivity index (χ1) is 11.2. The Morgan fingerprint density at radius 2 is 1.91 bits per heavy atom. The molecule has 0 atom stereocenters. The van der Waals surface area contributed by atoms with Crippen molar-refractivity contribution in [3.05, 3.63) is 54.5 Å². The lowest BCUT2D eigenvalue weighted by Gasteiger charge is -2.06. The van der Waals surface area contributed by atoms with Gasteiger partial charge in [-0.25, -0.2) is 15.0 Å². The number of H-pyrrole nitrogens is 1. The first kappa shape index (κ1) is 13.4. The highest BCUT2D eigenvalue weighted by Crippen LogP contribution is 2.27. The van der Waals surface area contributed by atoms with Crippen LogP contribution in [0.15, 0.2) is 48.9 Å². The van der Waals surface area contributed by atoms with Gasteiger partial charge in [0.15, 0.2) is 5.82 Å². The van der Waals surface area contributed by atoms with Gasteiger partial charge >= 0.3 is 0 Å². The molecule has 23 heavy (non-hydrogen) atoms. The summed E-state index contributed by atoms with van der Waals surface area (Å²) in [5.74, 6) is 0.385. The molecule has 0 spiro atoms. The van der Waals surface area contributed by atoms with E-state index in [1.165, 1.54) is 6.33 Å². The molecule has 0 aliphatic heterocycles. The van der Waals surface area contributed by atoms with Crippen LogP contribution in [-0.4, -0.2) is 25.1 Å². The Kier molecular flexibility index (Phi) is 3.01. The van der Waals surface area contributed by atoms with Crippen LogP contribution in [0.1, 0.15) is 5.56 Å². The van der Waals surface area contributed by atoms with E-state index in [9.17, 15) is 0 Å². The summed E-state index contributed by atoms with van der Waals surface area (Å²) in [6, 6.07) is 11.9. The smallest absolute Gasteiger partial charge is 0.153 e. The average molecular weight is 302 g/mol. The fraction of sp³-hybridized carbons (Fsp3) is 0.0588. The van der Waals surface area contributed by atoms with Crippen molar-refractivity contribution in [3.63, 3.8) is 0 Å². The second-order valence-corrected chi connectivity index (χ2v) is 5.32. The molecule has 3 N–H and O–H groups in total. The molecular weight excluding hydrogens is 288 g/mol. The van der Waals surface area contributed by atoms with Crippen LogP contribution in [0.2, 0.25) is 0 Å². The molecule has 0 aliphatic rings. The molecule has 0 saturated carbocycles. The molecule has 0 amide bonds. The molecule has 0 fully saturated rings. The van der Waals surface area contributed by atoms with Crippen molar-refractivity contribution in [1.82, 2.24) is 25.1 Å². The lowest BCUT2D eigenvalue weighted by Crippen LogP contribution is -1.96. The third kappa shape index (κ3) is 2.30. The first-order valence-corrected chi connectivity index (χ1v) is 7.21. The van der Waals surface area contributed by atoms with E-state index in [-0.39, 0.29) is 0 Å². The Morgan fingerprint density at radius 1 is 1.04 bits per heavy atom. The highest BCUT2D eigenvalue weighted by atomic mass is 15.1. The van der Waals surface area contributed by atoms with E-state index < -0.39 is 0 Å². The van der Waals surface area contributed by atoms with Crippen molar-refractivity contribution < 1.29 is 0 Å². The molecule has 112 valence electrons. The Balaban J connectivity index is 1.85. The van der Waals surface area contributed by atoms with E-state index in [0.717, 1.165) is 33.6 Å². The topological polar surface area (TPSA) is 93.4 Å². The minimum absolute atomic E-state index is 0.385. The number of nitrogens with zero attached hydrogens (tertiary/aromatic N) is 4. The fourth-order valence-corrected chi connectivity index (χ4v) is 2.59. The highest BCUT2D eigenvalue weighted by molar-refractivity contribution is 5.86. The molecule has 6 heteroatoms. The van der Waals surface area contributed by atoms with Crippen LogP contribution in [-0.2, 0) is 0 Å². The monoisotopic (exact) mass is 302 g/mol. The van der Waals surface area contributed by atoms with Gasteiger partial charge in [0.25, 0.3) is 0 Å². The molecule has 0 unspecified atom stereocenters. The van der Waals surface area contributed by atoms with E-state index in [4.69, 9.17) is 5.73 Å². The Hall–Kier alpha value is -3.28. The van der Waals surface area contributed by atoms with E-state index in [0.29, 0.717) is 11.3 Å². The summed E-state index contributed by atoms with van der Waals surface area (Å²) in [6.45, 7) is 2.03. The first-order valence-electron chi connectivity index (χ1n) is 7.21. The van der Waals surface area contributed by atoms with Gasteiger partial charge in [-0.05, 0) is 30.7 Å². The lowest BCUT2D eigenvalue weighted by atomic mass is 10.0. The molecule has 1 aromatic carbocycles. The van der Waals surface area contributed by atoms with Crippen molar-refractivity contribution in [2.75, 3.05) is 5.73 Å². The van der Waals surface area contributed by atoms with Gasteiger partial charge in [-0.3, -0.25) is 5.10 Å². The van der Waals surface area contributed by atoms with Crippen molar-refractivity contribution >= 4 is 16.9 Å². The van der Waals surface area contributed by atoms with Crippen LogP contribution in [0.5, 0.6) is 0 Å². The number of nitrogens with two attached hydrogens (primary N) is 1. The third-order valence-electron chi connectivity index (χ3n) is 3.77. The number of nitrogens with one attached hydrogen (secondary N) is 1. The van der Waals surface area contributed by atoms with Crippen LogP contribution in [0.25, 0.3) is 33.5 Å². The molecule has 0 saturated heterocycles. The van der Waals surface area contributed by atoms with Crippen LogP contribution >= 0.6 is 0 Å². The maximum atomic E-state index is 5.90. The van der Waals surface area contributed by atoms with Crippen molar-refractivity contribution in [2.45, 2.75) is 6.92 Å². The number of rotatable bonds is 2. The number of fused-ring (bicyclic) bond motifs is 1. The zero-order chi connectivity index (χ0) is 15.8. The van der Waals surface area contributed by atoms with Crippen LogP contribution in [0.4, 0.5) is 5.82 Å². The minimum Gasteiger partial charge on any atom is -0.382 e. The Morgan fingerprint density at radius 3 is 2.74 bits per heavy atom. The highest BCUT2D eigenvalue weighted by Gasteiger charge is 2.09. The van der Waals surface area contributed by atoms with Crippen molar-refractivity contribution in [3.8, 4) is 22.5 Å². The summed E-state index contributed by atoms with van der Waals surface area (Å²) >= 11 is 0. The van der Waals surface area contributed by atoms with E-state index >= 15 is 0 Å². The fourth-order valence-electron chi connectivity index (χ4n) is 2.59. The van der Waals surface area contributed by atoms with Crippen LogP contribution < -0.4 is 5.73 Å². The molecule has 0 radical (unpaired) electrons. The molecular formula is C17H14N6. The predicted molar refractivity (Wildman–Crippen MR) is 89.5 cm³/mol. The minimum atomic E-state index is 0.385. The van der Waals surface area contributed by atoms with Gasteiger partial charge in [0.05, 0.1) is 16.9 Å². The molecule has 0 bridgehead atoms. The van der Waals surface area contributed by atoms with E-state index in [1.54, 1.807) is 0 Å². The number of pyridine rings is 1. The van der Waals surface area contributed by atoms with Gasteiger partial charge in [0.2, 0.25) is 0 Å². The van der Waals surface area contributed by atoms with Gasteiger partial charge in [-0.2, -0.15) is 5.10 Å². The normalized spacial score (nSPS) is 11.0. The largest absolute Gasteiger partial charge is 0.382 e. The molecule has 0 aliphatic carbocycles. The summed E-state index contributed by atoms with van der Waals surface area (Å²) < 4.78 is 0. The zero-order valence-electron chi connectivity index (χ0n) is 12.5. The van der Waals surface area contributed by atoms with Gasteiger partial charge in [-0.1, -0.05) is 18.2 Å². The summed E-state index contributed by atoms with van der Waals surface area (Å²) in [5.41, 5.74) is 12.2. The zero-order valence-corrected chi connectivity index (χ0v) is 12.5. The van der Waals surface area contributed by atoms with Crippen molar-refractivity contribution in [2.24, 2.45) is 0 Å². The summed E-state index contributed by atoms with van der Waals surface area (Å²) in [4.78, 5) is 12.8. The molecule has 4 rings (SSSR count). The summed E-state index contributed by atoms with van der Waals surface area (Å²) in [7, 11) is 0. The number of aromatic amines is 1. The van der Waals surface area contributed by atoms with Crippen LogP contribution in [0.3, 0.4) is 0 Å². The number of anilines is 1. The Bertz CT molecular complexity index is 1000.